The van der Waals surface area contributed by atoms with Gasteiger partial charge in [0.25, 0.3) is 0 Å². The lowest BCUT2D eigenvalue weighted by Gasteiger charge is -2.33. The van der Waals surface area contributed by atoms with E-state index in [1.54, 1.807) is 13.8 Å². The van der Waals surface area contributed by atoms with E-state index in [2.05, 4.69) is 59.5 Å². The van der Waals surface area contributed by atoms with Gasteiger partial charge in [0, 0.05) is 43.7 Å². The first kappa shape index (κ1) is 59.2. The third-order valence-corrected chi connectivity index (χ3v) is 12.1. The Kier molecular flexibility index (Phi) is 23.1. The van der Waals surface area contributed by atoms with Gasteiger partial charge in [0.05, 0.1) is 31.3 Å². The fraction of sp³-hybridized carbons (Fsp3) is 0.643. The maximum Gasteiger partial charge on any atom is 0.326 e. The molecule has 0 saturated carbocycles. The number of H-pyrrole nitrogens is 1. The van der Waals surface area contributed by atoms with Crippen LogP contribution in [0.15, 0.2) is 17.5 Å². The average molecular weight is 1040 g/mol. The average Bonchev–Trinajstić information content (AvgIpc) is 4.12. The standard InChI is InChI=1S/C42H66N14O15S/c1-19(2)31(38(67)54-32(20(3)57)40(69)56-12-6-8-27(56)36(65)52-26(41(70)71)15-30(60)61)53-37(66)28-9-5-11-55(28)39(68)23(7-4-10-47-42(44)45)49-35(64)25(14-29(58)59)51-34(63)24(13-21-16-46-18-48-21)50-33(62)22(43)17-72/h16,18-20,22-28,31-32,57,72H,4-15,17,43H2,1-3H3,(H,46,48)(H,49,64)(H,50,62)(H,51,63)(H,52,65)(H,53,66)(H,54,67)(H,58,59)(H,60,61)(H,70,71)(H4,44,45,47)/t20-,22+,23+,24+,25+,26+,27+,28+,31+,32+/m1/s1. The summed E-state index contributed by atoms with van der Waals surface area (Å²) in [5.74, 6) is -13.0. The number of hydrogen-bond acceptors (Lipinski definition) is 16. The minimum atomic E-state index is -1.82. The number of hydrogen-bond donors (Lipinski definition) is 15. The van der Waals surface area contributed by atoms with Crippen molar-refractivity contribution in [2.45, 2.75) is 139 Å². The lowest BCUT2D eigenvalue weighted by atomic mass is 10.0. The van der Waals surface area contributed by atoms with E-state index in [1.165, 1.54) is 19.4 Å². The van der Waals surface area contributed by atoms with E-state index in [0.717, 1.165) is 9.80 Å². The summed E-state index contributed by atoms with van der Waals surface area (Å²) >= 11 is 4.00. The molecule has 2 aliphatic heterocycles. The highest BCUT2D eigenvalue weighted by atomic mass is 32.1. The number of carboxylic acids is 3. The molecule has 10 atom stereocenters. The van der Waals surface area contributed by atoms with Crippen LogP contribution in [0.1, 0.15) is 77.8 Å². The molecule has 0 bridgehead atoms. The monoisotopic (exact) mass is 1040 g/mol. The number of carboxylic acid groups (broad SMARTS) is 3. The zero-order chi connectivity index (χ0) is 54.0. The number of thiol groups is 1. The quantitative estimate of drug-likeness (QED) is 0.0161. The number of aliphatic imine (C=N–C) groups is 1. The van der Waals surface area contributed by atoms with E-state index in [1.807, 2.05) is 0 Å². The van der Waals surface area contributed by atoms with Crippen molar-refractivity contribution in [1.29, 1.82) is 0 Å². The molecule has 29 nitrogen and oxygen atoms in total. The molecule has 1 aromatic rings. The first-order valence-electron chi connectivity index (χ1n) is 23.0. The summed E-state index contributed by atoms with van der Waals surface area (Å²) in [4.78, 5) is 157. The number of nitrogens with zero attached hydrogens (tertiary/aromatic N) is 4. The summed E-state index contributed by atoms with van der Waals surface area (Å²) < 4.78 is 0. The zero-order valence-corrected chi connectivity index (χ0v) is 40.8. The van der Waals surface area contributed by atoms with Crippen LogP contribution in [0, 0.1) is 5.92 Å². The molecule has 17 N–H and O–H groups in total. The normalized spacial score (nSPS) is 18.7. The molecule has 2 aliphatic rings. The molecule has 3 rings (SSSR count). The molecule has 0 spiro atoms. The maximum absolute atomic E-state index is 14.4. The number of aromatic amines is 1. The SMILES string of the molecule is CC(C)[C@H](NC(=O)[C@@H]1CCCN1C(=O)[C@H](CCCN=C(N)N)NC(=O)[C@H](CC(=O)O)NC(=O)[C@H](Cc1cnc[nH]1)NC(=O)[C@@H](N)CS)C(=O)N[C@H](C(=O)N1CCC[C@H]1C(=O)N[C@@H](CC(=O)O)C(=O)O)[C@@H](C)O. The molecular weight excluding hydrogens is 973 g/mol. The summed E-state index contributed by atoms with van der Waals surface area (Å²) in [6.07, 6.45) is -0.366. The van der Waals surface area contributed by atoms with Crippen molar-refractivity contribution in [1.82, 2.24) is 51.7 Å². The Labute approximate surface area is 418 Å². The lowest BCUT2D eigenvalue weighted by molar-refractivity contribution is -0.149. The van der Waals surface area contributed by atoms with Gasteiger partial charge in [-0.05, 0) is 51.4 Å². The van der Waals surface area contributed by atoms with Crippen LogP contribution in [-0.2, 0) is 59.2 Å². The van der Waals surface area contributed by atoms with E-state index >= 15 is 0 Å². The van der Waals surface area contributed by atoms with Gasteiger partial charge >= 0.3 is 17.9 Å². The predicted octanol–water partition coefficient (Wildman–Crippen LogP) is -5.78. The minimum absolute atomic E-state index is 0.0128. The second-order valence-corrected chi connectivity index (χ2v) is 18.0. The van der Waals surface area contributed by atoms with Gasteiger partial charge in [0.1, 0.15) is 48.3 Å². The van der Waals surface area contributed by atoms with E-state index in [-0.39, 0.29) is 76.3 Å². The number of nitrogens with two attached hydrogens (primary N) is 3. The second-order valence-electron chi connectivity index (χ2n) is 17.6. The van der Waals surface area contributed by atoms with Crippen LogP contribution in [0.3, 0.4) is 0 Å². The Balaban J connectivity index is 1.83. The van der Waals surface area contributed by atoms with Crippen LogP contribution in [0.4, 0.5) is 0 Å². The van der Waals surface area contributed by atoms with Crippen LogP contribution >= 0.6 is 12.6 Å². The van der Waals surface area contributed by atoms with Crippen molar-refractivity contribution in [3.63, 3.8) is 0 Å². The number of nitrogens with one attached hydrogen (secondary N) is 7. The smallest absolute Gasteiger partial charge is 0.326 e. The fourth-order valence-corrected chi connectivity index (χ4v) is 8.09. The van der Waals surface area contributed by atoms with Gasteiger partial charge in [-0.3, -0.25) is 52.9 Å². The van der Waals surface area contributed by atoms with Gasteiger partial charge in [-0.15, -0.1) is 0 Å². The van der Waals surface area contributed by atoms with Gasteiger partial charge in [-0.2, -0.15) is 12.6 Å². The number of carbonyl (C=O) groups excluding carboxylic acids is 8. The van der Waals surface area contributed by atoms with E-state index in [0.29, 0.717) is 5.69 Å². The number of aliphatic carboxylic acids is 3. The first-order valence-corrected chi connectivity index (χ1v) is 23.7. The highest BCUT2D eigenvalue weighted by Gasteiger charge is 2.43. The Morgan fingerprint density at radius 1 is 0.736 bits per heavy atom. The third kappa shape index (κ3) is 17.6. The second kappa shape index (κ2) is 28.1. The molecule has 2 saturated heterocycles. The highest BCUT2D eigenvalue weighted by Crippen LogP contribution is 2.22. The number of imidazole rings is 1. The number of rotatable bonds is 28. The van der Waals surface area contributed by atoms with Crippen molar-refractivity contribution in [2.24, 2.45) is 28.1 Å². The fourth-order valence-electron chi connectivity index (χ4n) is 7.92. The zero-order valence-electron chi connectivity index (χ0n) is 39.9. The van der Waals surface area contributed by atoms with Gasteiger partial charge in [0.15, 0.2) is 5.96 Å². The van der Waals surface area contributed by atoms with Gasteiger partial charge in [-0.25, -0.2) is 9.78 Å². The predicted molar refractivity (Wildman–Crippen MR) is 254 cm³/mol. The van der Waals surface area contributed by atoms with Crippen LogP contribution < -0.4 is 49.1 Å². The lowest BCUT2D eigenvalue weighted by Crippen LogP contribution is -2.62. The van der Waals surface area contributed by atoms with Gasteiger partial charge in [0.2, 0.25) is 47.3 Å². The van der Waals surface area contributed by atoms with E-state index in [9.17, 15) is 68.1 Å². The molecule has 0 unspecified atom stereocenters. The number of aliphatic hydroxyl groups is 1. The summed E-state index contributed by atoms with van der Waals surface area (Å²) in [5.41, 5.74) is 17.1. The molecule has 3 heterocycles. The summed E-state index contributed by atoms with van der Waals surface area (Å²) in [7, 11) is 0. The van der Waals surface area contributed by atoms with Gasteiger partial charge < -0.3 is 84.3 Å². The Morgan fingerprint density at radius 2 is 1.28 bits per heavy atom. The molecule has 1 aromatic heterocycles. The highest BCUT2D eigenvalue weighted by molar-refractivity contribution is 7.80. The van der Waals surface area contributed by atoms with Crippen molar-refractivity contribution < 1.29 is 73.2 Å². The molecule has 0 aromatic carbocycles. The number of likely N-dealkylation sites (tertiary alicyclic amines) is 2. The van der Waals surface area contributed by atoms with Gasteiger partial charge in [-0.1, -0.05) is 13.8 Å². The van der Waals surface area contributed by atoms with Crippen LogP contribution in [0.5, 0.6) is 0 Å². The summed E-state index contributed by atoms with van der Waals surface area (Å²) in [5, 5.41) is 53.4. The third-order valence-electron chi connectivity index (χ3n) is 11.7. The number of amides is 8. The molecule has 72 heavy (non-hydrogen) atoms. The number of carbonyl (C=O) groups is 11. The molecule has 8 amide bonds. The minimum Gasteiger partial charge on any atom is -0.481 e. The van der Waals surface area contributed by atoms with E-state index < -0.39 is 144 Å². The Bertz CT molecular complexity index is 2160. The Hall–Kier alpha value is -7.08. The largest absolute Gasteiger partial charge is 0.481 e. The molecule has 0 radical (unpaired) electrons. The van der Waals surface area contributed by atoms with Crippen molar-refractivity contribution in [2.75, 3.05) is 25.4 Å². The Morgan fingerprint density at radius 3 is 1.79 bits per heavy atom. The molecule has 30 heteroatoms. The maximum atomic E-state index is 14.4. The van der Waals surface area contributed by atoms with Crippen LogP contribution in [-0.4, -0.2) is 197 Å². The molecule has 2 fully saturated rings. The summed E-state index contributed by atoms with van der Waals surface area (Å²) in [6, 6.07) is -13.2. The molecule has 0 aliphatic carbocycles. The molecular formula is C42H66N14O15S. The van der Waals surface area contributed by atoms with E-state index in [4.69, 9.17) is 22.3 Å². The molecule has 400 valence electrons. The van der Waals surface area contributed by atoms with Crippen LogP contribution in [0.25, 0.3) is 0 Å². The number of aromatic nitrogens is 2. The number of guanidine groups is 1. The van der Waals surface area contributed by atoms with Crippen molar-refractivity contribution in [3.8, 4) is 0 Å². The number of aliphatic hydroxyl groups excluding tert-OH is 1. The van der Waals surface area contributed by atoms with Crippen molar-refractivity contribution in [3.05, 3.63) is 18.2 Å². The first-order chi connectivity index (χ1) is 33.9. The topological polar surface area (TPSA) is 466 Å². The van der Waals surface area contributed by atoms with Crippen molar-refractivity contribution >= 4 is 83.8 Å². The summed E-state index contributed by atoms with van der Waals surface area (Å²) in [6.45, 7) is 4.26. The van der Waals surface area contributed by atoms with Crippen LogP contribution in [0.2, 0.25) is 0 Å².